The summed E-state index contributed by atoms with van der Waals surface area (Å²) in [6, 6.07) is 0. The molecule has 0 amide bonds. The number of rotatable bonds is 2. The standard InChI is InChI=1S/C9H14O.C4H10O2.2CHNO/c1-7-4-8(10)6-9(2,3)5-7;1-2-3-4(5)6;2*2-1-3/h4H,5-6H2,1-3H3;4-6H,2-3H2,1H3;2*2H. The molecule has 7 heteroatoms. The maximum atomic E-state index is 11.0. The maximum Gasteiger partial charge on any atom is 0.231 e. The van der Waals surface area contributed by atoms with Crippen LogP contribution < -0.4 is 0 Å². The second kappa shape index (κ2) is 15.5. The number of hydrogen-bond acceptors (Lipinski definition) is 7. The molecule has 0 saturated carbocycles. The molecule has 0 radical (unpaired) electrons. The quantitative estimate of drug-likeness (QED) is 0.351. The first-order chi connectivity index (χ1) is 10.1. The Bertz CT molecular complexity index is 390. The summed E-state index contributed by atoms with van der Waals surface area (Å²) < 4.78 is 0. The Balaban J connectivity index is -0.000000258. The minimum atomic E-state index is -1.10. The van der Waals surface area contributed by atoms with E-state index in [2.05, 4.69) is 13.8 Å². The van der Waals surface area contributed by atoms with Crippen LogP contribution in [0.3, 0.4) is 0 Å². The Hall–Kier alpha value is -1.91. The number of carbonyl (C=O) groups is 1. The molecule has 0 fully saturated rings. The highest BCUT2D eigenvalue weighted by Gasteiger charge is 2.25. The van der Waals surface area contributed by atoms with Crippen LogP contribution in [0, 0.1) is 16.2 Å². The molecule has 0 heterocycles. The normalized spacial score (nSPS) is 14.5. The van der Waals surface area contributed by atoms with E-state index >= 15 is 0 Å². The summed E-state index contributed by atoms with van der Waals surface area (Å²) in [5.74, 6) is 0.286. The summed E-state index contributed by atoms with van der Waals surface area (Å²) in [4.78, 5) is 27.7. The summed E-state index contributed by atoms with van der Waals surface area (Å²) in [7, 11) is 0. The average Bonchev–Trinajstić information content (AvgIpc) is 2.27. The summed E-state index contributed by atoms with van der Waals surface area (Å²) >= 11 is 0. The number of aliphatic hydroxyl groups excluding tert-OH is 1. The molecule has 0 bridgehead atoms. The van der Waals surface area contributed by atoms with Gasteiger partial charge >= 0.3 is 0 Å². The molecule has 0 unspecified atom stereocenters. The first-order valence-corrected chi connectivity index (χ1v) is 6.74. The Kier molecular flexibility index (Phi) is 17.6. The summed E-state index contributed by atoms with van der Waals surface area (Å²) in [5, 5.41) is 27.0. The van der Waals surface area contributed by atoms with Crippen molar-refractivity contribution in [2.45, 2.75) is 59.7 Å². The van der Waals surface area contributed by atoms with Crippen molar-refractivity contribution in [3.63, 3.8) is 0 Å². The largest absolute Gasteiger partial charge is 0.368 e. The second-order valence-corrected chi connectivity index (χ2v) is 5.45. The molecule has 1 aliphatic rings. The van der Waals surface area contributed by atoms with Crippen LogP contribution in [-0.4, -0.2) is 34.4 Å². The number of aliphatic hydroxyl groups is 2. The highest BCUT2D eigenvalue weighted by Crippen LogP contribution is 2.32. The van der Waals surface area contributed by atoms with Gasteiger partial charge in [-0.3, -0.25) is 4.79 Å². The zero-order valence-corrected chi connectivity index (χ0v) is 13.6. The lowest BCUT2D eigenvalue weighted by Gasteiger charge is -2.27. The lowest BCUT2D eigenvalue weighted by atomic mass is 9.77. The highest BCUT2D eigenvalue weighted by atomic mass is 16.5. The minimum absolute atomic E-state index is 0.204. The lowest BCUT2D eigenvalue weighted by Crippen LogP contribution is -2.20. The third-order valence-electron chi connectivity index (χ3n) is 2.36. The van der Waals surface area contributed by atoms with Gasteiger partial charge in [-0.05, 0) is 31.3 Å². The van der Waals surface area contributed by atoms with Crippen molar-refractivity contribution in [2.75, 3.05) is 0 Å². The van der Waals surface area contributed by atoms with Crippen molar-refractivity contribution in [2.24, 2.45) is 5.41 Å². The Morgan fingerprint density at radius 3 is 1.82 bits per heavy atom. The van der Waals surface area contributed by atoms with E-state index in [0.717, 1.165) is 25.0 Å². The number of isocyanates is 2. The van der Waals surface area contributed by atoms with Gasteiger partial charge in [-0.25, -0.2) is 20.4 Å². The number of allylic oxidation sites excluding steroid dienone is 2. The molecule has 22 heavy (non-hydrogen) atoms. The Labute approximate surface area is 131 Å². The van der Waals surface area contributed by atoms with E-state index in [1.807, 2.05) is 13.8 Å². The molecular weight excluding hydrogens is 288 g/mol. The van der Waals surface area contributed by atoms with E-state index in [0.29, 0.717) is 12.8 Å². The fourth-order valence-electron chi connectivity index (χ4n) is 1.92. The van der Waals surface area contributed by atoms with Crippen LogP contribution in [0.25, 0.3) is 0 Å². The molecule has 0 spiro atoms. The molecule has 0 aromatic heterocycles. The van der Waals surface area contributed by atoms with Crippen molar-refractivity contribution in [3.8, 4) is 0 Å². The van der Waals surface area contributed by atoms with Gasteiger partial charge in [0.25, 0.3) is 0 Å². The molecule has 0 aliphatic heterocycles. The Morgan fingerprint density at radius 1 is 1.23 bits per heavy atom. The van der Waals surface area contributed by atoms with Crippen LogP contribution in [0.2, 0.25) is 0 Å². The first kappa shape index (κ1) is 25.1. The molecule has 126 valence electrons. The molecule has 0 aromatic carbocycles. The monoisotopic (exact) mass is 314 g/mol. The molecule has 0 saturated heterocycles. The number of hydrogen-bond donors (Lipinski definition) is 4. The van der Waals surface area contributed by atoms with Gasteiger partial charge in [-0.2, -0.15) is 0 Å². The number of nitrogens with one attached hydrogen (secondary N) is 2. The van der Waals surface area contributed by atoms with E-state index in [-0.39, 0.29) is 11.2 Å². The third-order valence-corrected chi connectivity index (χ3v) is 2.36. The van der Waals surface area contributed by atoms with Crippen LogP contribution >= 0.6 is 0 Å². The summed E-state index contributed by atoms with van der Waals surface area (Å²) in [6.45, 7) is 8.21. The van der Waals surface area contributed by atoms with Gasteiger partial charge in [0.15, 0.2) is 12.1 Å². The number of carbonyl (C=O) groups excluding carboxylic acids is 3. The smallest absolute Gasteiger partial charge is 0.231 e. The van der Waals surface area contributed by atoms with Crippen molar-refractivity contribution in [1.29, 1.82) is 10.8 Å². The number of ketones is 1. The summed E-state index contributed by atoms with van der Waals surface area (Å²) in [6.07, 6.45) is 5.27. The predicted octanol–water partition coefficient (Wildman–Crippen LogP) is 2.22. The van der Waals surface area contributed by atoms with Gasteiger partial charge in [0.05, 0.1) is 0 Å². The molecule has 1 rings (SSSR count). The van der Waals surface area contributed by atoms with E-state index < -0.39 is 6.29 Å². The van der Waals surface area contributed by atoms with Gasteiger partial charge < -0.3 is 10.2 Å². The van der Waals surface area contributed by atoms with Gasteiger partial charge in [-0.1, -0.05) is 32.8 Å². The van der Waals surface area contributed by atoms with Crippen LogP contribution in [-0.2, 0) is 14.4 Å². The van der Waals surface area contributed by atoms with Gasteiger partial charge in [0.1, 0.15) is 0 Å². The fourth-order valence-corrected chi connectivity index (χ4v) is 1.92. The van der Waals surface area contributed by atoms with Crippen molar-refractivity contribution < 1.29 is 24.6 Å². The lowest BCUT2D eigenvalue weighted by molar-refractivity contribution is -0.117. The van der Waals surface area contributed by atoms with Crippen LogP contribution in [0.4, 0.5) is 0 Å². The maximum absolute atomic E-state index is 11.0. The van der Waals surface area contributed by atoms with E-state index in [9.17, 15) is 4.79 Å². The average molecular weight is 314 g/mol. The van der Waals surface area contributed by atoms with Crippen LogP contribution in [0.15, 0.2) is 11.6 Å². The first-order valence-electron chi connectivity index (χ1n) is 6.74. The molecule has 4 N–H and O–H groups in total. The van der Waals surface area contributed by atoms with Crippen molar-refractivity contribution in [1.82, 2.24) is 0 Å². The second-order valence-electron chi connectivity index (χ2n) is 5.45. The minimum Gasteiger partial charge on any atom is -0.368 e. The topological polar surface area (TPSA) is 139 Å². The molecule has 0 atom stereocenters. The van der Waals surface area contributed by atoms with Gasteiger partial charge in [-0.15, -0.1) is 0 Å². The molecule has 7 nitrogen and oxygen atoms in total. The van der Waals surface area contributed by atoms with E-state index in [4.69, 9.17) is 30.6 Å². The molecular formula is C15H26N2O5. The van der Waals surface area contributed by atoms with Crippen molar-refractivity contribution >= 4 is 17.9 Å². The SMILES string of the molecule is CC1=CC(=O)CC(C)(C)C1.CCCC(O)O.N=C=O.N=C=O. The summed E-state index contributed by atoms with van der Waals surface area (Å²) in [5.41, 5.74) is 1.43. The van der Waals surface area contributed by atoms with Crippen LogP contribution in [0.5, 0.6) is 0 Å². The fraction of sp³-hybridized carbons (Fsp3) is 0.667. The zero-order chi connectivity index (χ0) is 18.2. The highest BCUT2D eigenvalue weighted by molar-refractivity contribution is 5.91. The molecule has 1 aliphatic carbocycles. The Morgan fingerprint density at radius 2 is 1.64 bits per heavy atom. The molecule has 0 aromatic rings. The van der Waals surface area contributed by atoms with Crippen LogP contribution in [0.1, 0.15) is 53.4 Å². The zero-order valence-electron chi connectivity index (χ0n) is 13.6. The van der Waals surface area contributed by atoms with Gasteiger partial charge in [0, 0.05) is 6.42 Å². The third kappa shape index (κ3) is 23.2. The van der Waals surface area contributed by atoms with Crippen molar-refractivity contribution in [3.05, 3.63) is 11.6 Å². The van der Waals surface area contributed by atoms with E-state index in [1.54, 1.807) is 6.08 Å². The predicted molar refractivity (Wildman–Crippen MR) is 81.7 cm³/mol. The van der Waals surface area contributed by atoms with Gasteiger partial charge in [0.2, 0.25) is 12.2 Å². The van der Waals surface area contributed by atoms with E-state index in [1.165, 1.54) is 5.57 Å².